The first-order chi connectivity index (χ1) is 28.0. The first kappa shape index (κ1) is 49.3. The van der Waals surface area contributed by atoms with E-state index in [9.17, 15) is 76.2 Å². The molecule has 0 spiro atoms. The molecule has 0 bridgehead atoms. The van der Waals surface area contributed by atoms with E-state index in [1.807, 2.05) is 13.8 Å². The average molecular weight is 986 g/mol. The number of anilines is 1. The number of nitrogens with two attached hydrogens (primary N) is 1. The summed E-state index contributed by atoms with van der Waals surface area (Å²) >= 11 is 0. The Morgan fingerprint density at radius 3 is 1.67 bits per heavy atom. The number of benzene rings is 2. The smallest absolute Gasteiger partial charge is 0.390 e. The molecule has 9 N–H and O–H groups in total. The highest BCUT2D eigenvalue weighted by molar-refractivity contribution is 7.72. The number of phosphoric acid groups is 6. The van der Waals surface area contributed by atoms with E-state index in [0.717, 1.165) is 26.0 Å². The Balaban J connectivity index is 1.07. The molecule has 3 heterocycles. The largest absolute Gasteiger partial charge is 0.490 e. The molecule has 9 unspecified atom stereocenters. The van der Waals surface area contributed by atoms with Crippen LogP contribution in [0.4, 0.5) is 5.82 Å². The summed E-state index contributed by atoms with van der Waals surface area (Å²) in [7, 11) is -37.2. The average Bonchev–Trinajstić information content (AvgIpc) is 3.45. The van der Waals surface area contributed by atoms with Gasteiger partial charge in [0.15, 0.2) is 0 Å². The molecule has 2 amide bonds. The van der Waals surface area contributed by atoms with E-state index in [0.29, 0.717) is 5.39 Å². The molecule has 2 aliphatic heterocycles. The zero-order chi connectivity index (χ0) is 45.5. The molecule has 28 nitrogen and oxygen atoms in total. The molecule has 2 aliphatic rings. The summed E-state index contributed by atoms with van der Waals surface area (Å²) in [5, 5.41) is 11.5. The zero-order valence-corrected chi connectivity index (χ0v) is 36.5. The summed E-state index contributed by atoms with van der Waals surface area (Å²) in [5.41, 5.74) is 6.81. The normalized spacial score (nSPS) is 24.0. The van der Waals surface area contributed by atoms with Crippen molar-refractivity contribution in [3.05, 3.63) is 69.3 Å². The number of nitrogen functional groups attached to an aromatic ring is 1. The van der Waals surface area contributed by atoms with Gasteiger partial charge in [0, 0.05) is 35.7 Å². The number of hydrogen-bond donors (Lipinski definition) is 8. The Morgan fingerprint density at radius 1 is 0.705 bits per heavy atom. The Hall–Kier alpha value is -2.70. The Morgan fingerprint density at radius 2 is 1.18 bits per heavy atom. The lowest BCUT2D eigenvalue weighted by Gasteiger charge is -2.28. The highest BCUT2D eigenvalue weighted by Gasteiger charge is 2.50. The van der Waals surface area contributed by atoms with Crippen LogP contribution in [0.15, 0.2) is 41.3 Å². The predicted molar refractivity (Wildman–Crippen MR) is 202 cm³/mol. The van der Waals surface area contributed by atoms with E-state index in [1.54, 1.807) is 24.3 Å². The maximum Gasteiger partial charge on any atom is 0.490 e. The van der Waals surface area contributed by atoms with E-state index in [1.165, 1.54) is 12.3 Å². The number of ether oxygens (including phenoxy) is 1. The van der Waals surface area contributed by atoms with Crippen LogP contribution in [0.2, 0.25) is 0 Å². The van der Waals surface area contributed by atoms with Crippen molar-refractivity contribution in [3.8, 4) is 0 Å². The van der Waals surface area contributed by atoms with Crippen molar-refractivity contribution in [2.75, 3.05) is 25.5 Å². The molecule has 1 fully saturated rings. The fraction of sp³-hybridized carbons (Fsp3) is 0.407. The first-order valence-corrected chi connectivity index (χ1v) is 25.9. The fourth-order valence-electron chi connectivity index (χ4n) is 5.97. The number of aliphatic hydroxyl groups is 1. The van der Waals surface area contributed by atoms with E-state index < -0.39 is 96.1 Å². The van der Waals surface area contributed by atoms with Crippen LogP contribution in [0, 0.1) is 13.8 Å². The fourth-order valence-corrected chi connectivity index (χ4v) is 13.8. The van der Waals surface area contributed by atoms with E-state index in [-0.39, 0.29) is 42.8 Å². The highest BCUT2D eigenvalue weighted by Crippen LogP contribution is 2.75. The van der Waals surface area contributed by atoms with Gasteiger partial charge < -0.3 is 44.9 Å². The third-order valence-corrected chi connectivity index (χ3v) is 17.6. The van der Waals surface area contributed by atoms with E-state index in [2.05, 4.69) is 35.6 Å². The van der Waals surface area contributed by atoms with Crippen molar-refractivity contribution in [1.29, 1.82) is 0 Å². The van der Waals surface area contributed by atoms with Crippen molar-refractivity contribution in [1.82, 2.24) is 14.5 Å². The molecular formula is C27H36N4O24P6. The van der Waals surface area contributed by atoms with Crippen molar-refractivity contribution in [2.24, 2.45) is 0 Å². The van der Waals surface area contributed by atoms with Crippen LogP contribution in [0.3, 0.4) is 0 Å². The number of imide groups is 1. The number of aliphatic hydroxyl groups excluding tert-OH is 1. The second kappa shape index (κ2) is 18.4. The molecule has 0 saturated carbocycles. The molecule has 338 valence electrons. The van der Waals surface area contributed by atoms with Crippen LogP contribution in [0.1, 0.15) is 57.3 Å². The second-order valence-corrected chi connectivity index (χ2v) is 22.3. The summed E-state index contributed by atoms with van der Waals surface area (Å²) in [4.78, 5) is 102. The molecular weight excluding hydrogens is 950 g/mol. The van der Waals surface area contributed by atoms with Crippen LogP contribution in [0.25, 0.3) is 10.8 Å². The van der Waals surface area contributed by atoms with Crippen LogP contribution < -0.4 is 11.4 Å². The Bertz CT molecular complexity index is 2530. The summed E-state index contributed by atoms with van der Waals surface area (Å²) in [5.74, 6) is -1.32. The van der Waals surface area contributed by atoms with Crippen LogP contribution in [-0.2, 0) is 62.7 Å². The molecule has 0 radical (unpaired) electrons. The van der Waals surface area contributed by atoms with Gasteiger partial charge in [-0.3, -0.25) is 28.1 Å². The summed E-state index contributed by atoms with van der Waals surface area (Å²) in [6.45, 7) is 1.64. The number of nitrogens with zero attached hydrogens (tertiary/aromatic N) is 3. The summed E-state index contributed by atoms with van der Waals surface area (Å²) < 4.78 is 107. The predicted octanol–water partition coefficient (Wildman–Crippen LogP) is 3.04. The van der Waals surface area contributed by atoms with Gasteiger partial charge in [0.25, 0.3) is 11.8 Å². The molecule has 3 aromatic rings. The molecule has 9 atom stereocenters. The molecule has 1 aromatic heterocycles. The van der Waals surface area contributed by atoms with Crippen LogP contribution >= 0.6 is 46.9 Å². The van der Waals surface area contributed by atoms with Gasteiger partial charge in [-0.05, 0) is 61.4 Å². The SMILES string of the molecule is Cc1ccc2c3c(ccc(C)c13)C(=O)N(CCCCOP(=O)(O)OP(=O)(O)OP(=O)(O)OP(=O)(O)OP(=O)(O)OP(=O)(O)OCC1OC(n3ccc(N)nc3=O)CC1O)C2=O. The monoisotopic (exact) mass is 986 g/mol. The third kappa shape index (κ3) is 12.7. The van der Waals surface area contributed by atoms with Gasteiger partial charge in [-0.15, -0.1) is 0 Å². The summed E-state index contributed by atoms with van der Waals surface area (Å²) in [6, 6.07) is 7.86. The minimum absolute atomic E-state index is 0.0337. The minimum atomic E-state index is -6.52. The topological polar surface area (TPSA) is 416 Å². The number of amides is 2. The molecule has 2 aromatic carbocycles. The molecule has 1 saturated heterocycles. The lowest BCUT2D eigenvalue weighted by molar-refractivity contribution is -0.0449. The van der Waals surface area contributed by atoms with Gasteiger partial charge in [0.2, 0.25) is 0 Å². The first-order valence-electron chi connectivity index (χ1n) is 16.9. The second-order valence-electron chi connectivity index (χ2n) is 12.9. The minimum Gasteiger partial charge on any atom is -0.390 e. The van der Waals surface area contributed by atoms with E-state index >= 15 is 0 Å². The number of carbonyl (C=O) groups excluding carboxylic acids is 2. The number of hydrogen-bond acceptors (Lipinski definition) is 20. The van der Waals surface area contributed by atoms with Gasteiger partial charge in [0.05, 0.1) is 19.3 Å². The van der Waals surface area contributed by atoms with Gasteiger partial charge in [-0.1, -0.05) is 12.1 Å². The lowest BCUT2D eigenvalue weighted by atomic mass is 9.89. The molecule has 0 aliphatic carbocycles. The standard InChI is InChI=1S/C27H36N4O24P6/c1-15-5-7-17-24-18(8-6-16(2)23(15)24)26(34)31(25(17)33)10-3-4-12-48-56(36,37)51-58(40,41)53-60(44,45)55-61(46,47)54-59(42,43)52-57(38,39)49-14-20-19(32)13-22(50-20)30-11-9-21(28)29-27(30)35/h5-9,11,19-20,22,32H,3-4,10,12-14H2,1-2H3,(H,36,37)(H,38,39)(H,40,41)(H,42,43)(H,44,45)(H,46,47)(H2,28,29,35). The number of carbonyl (C=O) groups is 2. The molecule has 61 heavy (non-hydrogen) atoms. The van der Waals surface area contributed by atoms with Crippen molar-refractivity contribution >= 4 is 75.3 Å². The summed E-state index contributed by atoms with van der Waals surface area (Å²) in [6.07, 6.45) is -3.50. The number of aryl methyl sites for hydroxylation is 2. The zero-order valence-electron chi connectivity index (χ0n) is 31.1. The number of phosphoric ester groups is 2. The third-order valence-electron chi connectivity index (χ3n) is 8.36. The molecule has 5 rings (SSSR count). The lowest BCUT2D eigenvalue weighted by Crippen LogP contribution is -2.41. The highest BCUT2D eigenvalue weighted by atomic mass is 31.3. The van der Waals surface area contributed by atoms with E-state index in [4.69, 9.17) is 10.5 Å². The van der Waals surface area contributed by atoms with Gasteiger partial charge >= 0.3 is 52.6 Å². The van der Waals surface area contributed by atoms with Gasteiger partial charge in [0.1, 0.15) is 18.1 Å². The molecule has 34 heteroatoms. The number of rotatable bonds is 20. The van der Waals surface area contributed by atoms with Crippen LogP contribution in [0.5, 0.6) is 0 Å². The van der Waals surface area contributed by atoms with Crippen LogP contribution in [-0.4, -0.2) is 92.7 Å². The number of unbranched alkanes of at least 4 members (excludes halogenated alkanes) is 1. The van der Waals surface area contributed by atoms with Crippen molar-refractivity contribution < 1.29 is 107 Å². The van der Waals surface area contributed by atoms with Crippen molar-refractivity contribution in [2.45, 2.75) is 51.5 Å². The maximum absolute atomic E-state index is 13.2. The van der Waals surface area contributed by atoms with Crippen molar-refractivity contribution in [3.63, 3.8) is 0 Å². The quantitative estimate of drug-likeness (QED) is 0.0458. The Kier molecular flexibility index (Phi) is 14.9. The van der Waals surface area contributed by atoms with Gasteiger partial charge in [-0.25, -0.2) is 32.2 Å². The maximum atomic E-state index is 13.2. The Labute approximate surface area is 342 Å². The van der Waals surface area contributed by atoms with Gasteiger partial charge in [-0.2, -0.15) is 26.5 Å². The number of aromatic nitrogens is 2.